The number of nitrogens with one attached hydrogen (secondary N) is 1. The van der Waals surface area contributed by atoms with E-state index in [1.807, 2.05) is 13.0 Å². The molecule has 0 saturated carbocycles. The van der Waals surface area contributed by atoms with Crippen LogP contribution in [0.3, 0.4) is 0 Å². The van der Waals surface area contributed by atoms with E-state index in [-0.39, 0.29) is 10.8 Å². The SMILES string of the molecule is Cc1ccc(Br)c(NS(=O)(=O)c2ccc(CCO)s2)c1. The van der Waals surface area contributed by atoms with Gasteiger partial charge in [0.1, 0.15) is 4.21 Å². The Labute approximate surface area is 130 Å². The van der Waals surface area contributed by atoms with Crippen LogP contribution in [-0.4, -0.2) is 20.1 Å². The third-order valence-electron chi connectivity index (χ3n) is 2.63. The number of aliphatic hydroxyl groups is 1. The summed E-state index contributed by atoms with van der Waals surface area (Å²) in [7, 11) is -3.59. The molecule has 2 aromatic rings. The summed E-state index contributed by atoms with van der Waals surface area (Å²) >= 11 is 4.50. The Kier molecular flexibility index (Phi) is 4.85. The van der Waals surface area contributed by atoms with Crippen molar-refractivity contribution >= 4 is 43.0 Å². The van der Waals surface area contributed by atoms with Gasteiger partial charge < -0.3 is 5.11 Å². The Morgan fingerprint density at radius 3 is 2.75 bits per heavy atom. The van der Waals surface area contributed by atoms with Crippen molar-refractivity contribution < 1.29 is 13.5 Å². The second kappa shape index (κ2) is 6.26. The molecule has 1 aromatic heterocycles. The van der Waals surface area contributed by atoms with E-state index in [4.69, 9.17) is 5.11 Å². The number of benzene rings is 1. The molecule has 0 fully saturated rings. The number of hydrogen-bond donors (Lipinski definition) is 2. The molecule has 4 nitrogen and oxygen atoms in total. The molecule has 0 unspecified atom stereocenters. The van der Waals surface area contributed by atoms with Crippen LogP contribution in [0.2, 0.25) is 0 Å². The number of halogens is 1. The van der Waals surface area contributed by atoms with Crippen LogP contribution in [0.15, 0.2) is 39.0 Å². The van der Waals surface area contributed by atoms with Gasteiger partial charge >= 0.3 is 0 Å². The van der Waals surface area contributed by atoms with E-state index in [1.165, 1.54) is 11.3 Å². The Hall–Kier alpha value is -0.890. The second-order valence-corrected chi connectivity index (χ2v) is 8.22. The van der Waals surface area contributed by atoms with Crippen LogP contribution in [0.25, 0.3) is 0 Å². The van der Waals surface area contributed by atoms with Gasteiger partial charge in [-0.25, -0.2) is 8.42 Å². The zero-order valence-corrected chi connectivity index (χ0v) is 14.0. The van der Waals surface area contributed by atoms with E-state index in [9.17, 15) is 8.42 Å². The van der Waals surface area contributed by atoms with Crippen LogP contribution >= 0.6 is 27.3 Å². The topological polar surface area (TPSA) is 66.4 Å². The summed E-state index contributed by atoms with van der Waals surface area (Å²) in [5.41, 5.74) is 1.49. The zero-order valence-electron chi connectivity index (χ0n) is 10.8. The minimum atomic E-state index is -3.59. The first-order valence-corrected chi connectivity index (χ1v) is 9.00. The van der Waals surface area contributed by atoms with Crippen molar-refractivity contribution in [3.8, 4) is 0 Å². The van der Waals surface area contributed by atoms with Crippen molar-refractivity contribution in [2.45, 2.75) is 17.6 Å². The molecule has 1 aromatic carbocycles. The lowest BCUT2D eigenvalue weighted by atomic mass is 10.2. The molecule has 1 heterocycles. The average molecular weight is 376 g/mol. The predicted octanol–water partition coefficient (Wildman–Crippen LogP) is 3.15. The van der Waals surface area contributed by atoms with E-state index in [2.05, 4.69) is 20.7 Å². The number of rotatable bonds is 5. The third-order valence-corrected chi connectivity index (χ3v) is 6.32. The molecular weight excluding hydrogens is 362 g/mol. The molecule has 0 bridgehead atoms. The largest absolute Gasteiger partial charge is 0.396 e. The summed E-state index contributed by atoms with van der Waals surface area (Å²) in [6.07, 6.45) is 0.467. The standard InChI is InChI=1S/C13H14BrNO3S2/c1-9-2-4-11(14)12(8-9)15-20(17,18)13-5-3-10(19-13)6-7-16/h2-5,8,15-16H,6-7H2,1H3. The van der Waals surface area contributed by atoms with E-state index in [0.717, 1.165) is 10.4 Å². The van der Waals surface area contributed by atoms with Gasteiger partial charge in [-0.05, 0) is 52.7 Å². The second-order valence-electron chi connectivity index (χ2n) is 4.28. The van der Waals surface area contributed by atoms with Gasteiger partial charge in [-0.3, -0.25) is 4.72 Å². The third kappa shape index (κ3) is 3.60. The van der Waals surface area contributed by atoms with Gasteiger partial charge in [-0.2, -0.15) is 0 Å². The highest BCUT2D eigenvalue weighted by Gasteiger charge is 2.18. The molecule has 0 saturated heterocycles. The van der Waals surface area contributed by atoms with E-state index >= 15 is 0 Å². The van der Waals surface area contributed by atoms with Crippen molar-refractivity contribution in [1.29, 1.82) is 0 Å². The Balaban J connectivity index is 2.28. The van der Waals surface area contributed by atoms with Gasteiger partial charge in [0.15, 0.2) is 0 Å². The first-order valence-electron chi connectivity index (χ1n) is 5.91. The summed E-state index contributed by atoms with van der Waals surface area (Å²) in [5, 5.41) is 8.87. The van der Waals surface area contributed by atoms with Gasteiger partial charge in [0.2, 0.25) is 0 Å². The maximum absolute atomic E-state index is 12.3. The van der Waals surface area contributed by atoms with Crippen molar-refractivity contribution in [1.82, 2.24) is 0 Å². The lowest BCUT2D eigenvalue weighted by molar-refractivity contribution is 0.300. The lowest BCUT2D eigenvalue weighted by Crippen LogP contribution is -2.11. The number of aryl methyl sites for hydroxylation is 1. The molecule has 2 rings (SSSR count). The first-order chi connectivity index (χ1) is 9.42. The minimum absolute atomic E-state index is 0.0108. The molecule has 0 spiro atoms. The number of anilines is 1. The fourth-order valence-corrected chi connectivity index (χ4v) is 4.55. The highest BCUT2D eigenvalue weighted by Crippen LogP contribution is 2.28. The fraction of sp³-hybridized carbons (Fsp3) is 0.231. The maximum atomic E-state index is 12.3. The number of thiophene rings is 1. The van der Waals surface area contributed by atoms with Gasteiger partial charge in [0.25, 0.3) is 10.0 Å². The Bertz CT molecular complexity index is 710. The number of sulfonamides is 1. The van der Waals surface area contributed by atoms with Crippen LogP contribution in [0.4, 0.5) is 5.69 Å². The molecular formula is C13H14BrNO3S2. The van der Waals surface area contributed by atoms with Crippen LogP contribution < -0.4 is 4.72 Å². The number of aliphatic hydroxyl groups excluding tert-OH is 1. The molecule has 20 heavy (non-hydrogen) atoms. The van der Waals surface area contributed by atoms with Crippen LogP contribution in [0.1, 0.15) is 10.4 Å². The molecule has 0 aliphatic heterocycles. The highest BCUT2D eigenvalue weighted by molar-refractivity contribution is 9.10. The van der Waals surface area contributed by atoms with Crippen molar-refractivity contribution in [2.75, 3.05) is 11.3 Å². The minimum Gasteiger partial charge on any atom is -0.396 e. The molecule has 0 radical (unpaired) electrons. The molecule has 0 aliphatic carbocycles. The van der Waals surface area contributed by atoms with Crippen LogP contribution in [-0.2, 0) is 16.4 Å². The van der Waals surface area contributed by atoms with Crippen molar-refractivity contribution in [2.24, 2.45) is 0 Å². The summed E-state index contributed by atoms with van der Waals surface area (Å²) in [6.45, 7) is 1.91. The normalized spacial score (nSPS) is 11.6. The molecule has 2 N–H and O–H groups in total. The molecule has 0 aliphatic rings. The Morgan fingerprint density at radius 2 is 2.05 bits per heavy atom. The van der Waals surface area contributed by atoms with E-state index in [0.29, 0.717) is 16.6 Å². The van der Waals surface area contributed by atoms with E-state index in [1.54, 1.807) is 24.3 Å². The summed E-state index contributed by atoms with van der Waals surface area (Å²) < 4.78 is 28.1. The molecule has 0 atom stereocenters. The van der Waals surface area contributed by atoms with Crippen molar-refractivity contribution in [3.63, 3.8) is 0 Å². The van der Waals surface area contributed by atoms with Crippen LogP contribution in [0, 0.1) is 6.92 Å². The molecule has 108 valence electrons. The lowest BCUT2D eigenvalue weighted by Gasteiger charge is -2.09. The van der Waals surface area contributed by atoms with Gasteiger partial charge in [-0.1, -0.05) is 6.07 Å². The monoisotopic (exact) mass is 375 g/mol. The first kappa shape index (κ1) is 15.5. The quantitative estimate of drug-likeness (QED) is 0.843. The maximum Gasteiger partial charge on any atom is 0.271 e. The van der Waals surface area contributed by atoms with Gasteiger partial charge in [0.05, 0.1) is 5.69 Å². The number of hydrogen-bond acceptors (Lipinski definition) is 4. The highest BCUT2D eigenvalue weighted by atomic mass is 79.9. The van der Waals surface area contributed by atoms with Crippen LogP contribution in [0.5, 0.6) is 0 Å². The zero-order chi connectivity index (χ0) is 14.8. The van der Waals surface area contributed by atoms with Gasteiger partial charge in [0, 0.05) is 22.4 Å². The predicted molar refractivity (Wildman–Crippen MR) is 84.8 cm³/mol. The smallest absolute Gasteiger partial charge is 0.271 e. The van der Waals surface area contributed by atoms with Gasteiger partial charge in [-0.15, -0.1) is 11.3 Å². The summed E-state index contributed by atoms with van der Waals surface area (Å²) in [5.74, 6) is 0. The fourth-order valence-electron chi connectivity index (χ4n) is 1.66. The van der Waals surface area contributed by atoms with Crippen molar-refractivity contribution in [3.05, 3.63) is 45.2 Å². The average Bonchev–Trinajstić information content (AvgIpc) is 2.83. The summed E-state index contributed by atoms with van der Waals surface area (Å²) in [6, 6.07) is 8.75. The molecule has 0 amide bonds. The van der Waals surface area contributed by atoms with E-state index < -0.39 is 10.0 Å². The Morgan fingerprint density at radius 1 is 1.30 bits per heavy atom. The summed E-state index contributed by atoms with van der Waals surface area (Å²) in [4.78, 5) is 0.844. The molecule has 7 heteroatoms.